The average molecular weight is 620 g/mol. The third-order valence-corrected chi connectivity index (χ3v) is 8.94. The number of rotatable bonds is 6. The lowest BCUT2D eigenvalue weighted by Gasteiger charge is -2.17. The summed E-state index contributed by atoms with van der Waals surface area (Å²) >= 11 is 6.30. The van der Waals surface area contributed by atoms with Crippen molar-refractivity contribution in [2.24, 2.45) is 9.36 Å². The van der Waals surface area contributed by atoms with E-state index in [2.05, 4.69) is 14.3 Å². The molecule has 4 heterocycles. The molecule has 2 aromatic carbocycles. The molecule has 1 N–H and O–H groups in total. The van der Waals surface area contributed by atoms with Gasteiger partial charge in [-0.1, -0.05) is 29.8 Å². The largest absolute Gasteiger partial charge is 0.472 e. The Morgan fingerprint density at radius 2 is 1.86 bits per heavy atom. The van der Waals surface area contributed by atoms with Gasteiger partial charge in [-0.3, -0.25) is 4.79 Å². The van der Waals surface area contributed by atoms with Gasteiger partial charge in [0.1, 0.15) is 41.6 Å². The fourth-order valence-corrected chi connectivity index (χ4v) is 6.26. The quantitative estimate of drug-likeness (QED) is 0.438. The number of carbonyl (C=O) groups is 1. The second-order valence-corrected chi connectivity index (χ2v) is 12.6. The van der Waals surface area contributed by atoms with E-state index in [1.54, 1.807) is 30.3 Å². The van der Waals surface area contributed by atoms with Crippen molar-refractivity contribution in [1.29, 1.82) is 0 Å². The number of aliphatic imine (C=N–C) groups is 1. The van der Waals surface area contributed by atoms with Crippen LogP contribution in [0.4, 0.5) is 14.5 Å². The van der Waals surface area contributed by atoms with Gasteiger partial charge in [0.25, 0.3) is 5.91 Å². The highest BCUT2D eigenvalue weighted by Crippen LogP contribution is 2.36. The minimum Gasteiger partial charge on any atom is -0.472 e. The van der Waals surface area contributed by atoms with Gasteiger partial charge >= 0.3 is 0 Å². The molecule has 1 aromatic heterocycles. The molecule has 0 aliphatic carbocycles. The van der Waals surface area contributed by atoms with Crippen molar-refractivity contribution >= 4 is 38.8 Å². The van der Waals surface area contributed by atoms with Crippen LogP contribution in [-0.4, -0.2) is 70.0 Å². The minimum absolute atomic E-state index is 0.0651. The van der Waals surface area contributed by atoms with Gasteiger partial charge < -0.3 is 24.1 Å². The molecule has 6 rings (SSSR count). The normalized spacial score (nSPS) is 24.0. The average Bonchev–Trinajstić information content (AvgIpc) is 3.64. The summed E-state index contributed by atoms with van der Waals surface area (Å²) in [5, 5.41) is 9.98. The van der Waals surface area contributed by atoms with Crippen LogP contribution in [0.5, 0.6) is 5.88 Å². The molecule has 3 aliphatic heterocycles. The lowest BCUT2D eigenvalue weighted by molar-refractivity contribution is 0.00558. The number of ether oxygens (including phenoxy) is 4. The number of pyridine rings is 1. The lowest BCUT2D eigenvalue weighted by atomic mass is 10.1. The molecule has 5 atom stereocenters. The maximum absolute atomic E-state index is 14.9. The molecule has 42 heavy (non-hydrogen) atoms. The van der Waals surface area contributed by atoms with Crippen LogP contribution in [0.25, 0.3) is 0 Å². The molecule has 0 saturated carbocycles. The summed E-state index contributed by atoms with van der Waals surface area (Å²) in [6.07, 6.45) is -0.514. The Morgan fingerprint density at radius 3 is 2.60 bits per heavy atom. The smallest absolute Gasteiger partial charge is 0.285 e. The first-order valence-electron chi connectivity index (χ1n) is 12.9. The van der Waals surface area contributed by atoms with Gasteiger partial charge in [0.05, 0.1) is 46.3 Å². The number of hydrogen-bond donors (Lipinski definition) is 1. The highest BCUT2D eigenvalue weighted by molar-refractivity contribution is 7.93. The van der Waals surface area contributed by atoms with Crippen molar-refractivity contribution in [3.8, 4) is 5.88 Å². The second-order valence-electron chi connectivity index (χ2n) is 9.96. The SMILES string of the molecule is CS(=O)(=NC(=O)c1cc(F)c(COc2nc3c(cc2Cl)N=C(O[C@@H]2CO[C@H]4[C@@H]2OC[C@H]4O)C3)c(F)c1)c1ccccc1. The Bertz CT molecular complexity index is 1690. The van der Waals surface area contributed by atoms with Crippen LogP contribution in [0, 0.1) is 11.6 Å². The predicted octanol–water partition coefficient (Wildman–Crippen LogP) is 4.02. The molecule has 1 unspecified atom stereocenters. The van der Waals surface area contributed by atoms with Gasteiger partial charge in [-0.05, 0) is 30.3 Å². The fourth-order valence-electron chi connectivity index (χ4n) is 4.87. The van der Waals surface area contributed by atoms with E-state index in [0.29, 0.717) is 22.2 Å². The van der Waals surface area contributed by atoms with Gasteiger partial charge in [-0.2, -0.15) is 4.36 Å². The molecule has 3 aromatic rings. The third-order valence-electron chi connectivity index (χ3n) is 7.01. The van der Waals surface area contributed by atoms with Crippen LogP contribution in [-0.2, 0) is 37.0 Å². The predicted molar refractivity (Wildman–Crippen MR) is 147 cm³/mol. The molecule has 3 aliphatic rings. The zero-order valence-corrected chi connectivity index (χ0v) is 23.6. The van der Waals surface area contributed by atoms with E-state index < -0.39 is 69.4 Å². The number of halogens is 3. The first kappa shape index (κ1) is 28.6. The van der Waals surface area contributed by atoms with E-state index in [-0.39, 0.29) is 30.5 Å². The summed E-state index contributed by atoms with van der Waals surface area (Å²) in [7, 11) is -3.12. The van der Waals surface area contributed by atoms with Crippen molar-refractivity contribution in [3.05, 3.63) is 82.0 Å². The maximum atomic E-state index is 14.9. The molecule has 14 heteroatoms. The number of benzene rings is 2. The van der Waals surface area contributed by atoms with Gasteiger partial charge in [0.15, 0.2) is 12.0 Å². The van der Waals surface area contributed by atoms with Gasteiger partial charge in [0.2, 0.25) is 5.88 Å². The Hall–Kier alpha value is -3.49. The Kier molecular flexibility index (Phi) is 7.70. The number of carbonyl (C=O) groups excluding carboxylic acids is 1. The van der Waals surface area contributed by atoms with E-state index >= 15 is 0 Å². The van der Waals surface area contributed by atoms with Crippen LogP contribution in [0.2, 0.25) is 5.02 Å². The van der Waals surface area contributed by atoms with Crippen molar-refractivity contribution in [2.75, 3.05) is 19.5 Å². The van der Waals surface area contributed by atoms with Crippen LogP contribution >= 0.6 is 11.6 Å². The molecule has 10 nitrogen and oxygen atoms in total. The molecule has 220 valence electrons. The standard InChI is InChI=1S/C28H24ClF2N3O7S/c1-42(37,15-5-3-2-4-6-15)34-27(36)14-7-18(30)16(19(31)8-14)11-40-28-17(29)9-20-21(33-28)10-24(32-20)41-23-13-39-25-22(35)12-38-26(23)25/h2-9,22-23,25-26,35H,10-13H2,1H3/t22-,23-,25-,26-,42?/m1/s1. The number of fused-ring (bicyclic) bond motifs is 2. The van der Waals surface area contributed by atoms with Crippen molar-refractivity contribution < 1.29 is 41.8 Å². The molecular weight excluding hydrogens is 596 g/mol. The van der Waals surface area contributed by atoms with E-state index in [1.165, 1.54) is 12.3 Å². The summed E-state index contributed by atoms with van der Waals surface area (Å²) < 4.78 is 69.1. The number of nitrogens with zero attached hydrogens (tertiary/aromatic N) is 3. The summed E-state index contributed by atoms with van der Waals surface area (Å²) in [4.78, 5) is 21.7. The minimum atomic E-state index is -3.12. The summed E-state index contributed by atoms with van der Waals surface area (Å²) in [5.74, 6) is -2.84. The molecule has 0 radical (unpaired) electrons. The monoisotopic (exact) mass is 619 g/mol. The summed E-state index contributed by atoms with van der Waals surface area (Å²) in [6, 6.07) is 11.2. The fraction of sp³-hybridized carbons (Fsp3) is 0.321. The number of aromatic nitrogens is 1. The van der Waals surface area contributed by atoms with Crippen LogP contribution in [0.15, 0.2) is 62.8 Å². The summed E-state index contributed by atoms with van der Waals surface area (Å²) in [5.41, 5.74) is 0.0867. The van der Waals surface area contributed by atoms with Crippen molar-refractivity contribution in [1.82, 2.24) is 4.98 Å². The van der Waals surface area contributed by atoms with Crippen LogP contribution in [0.1, 0.15) is 21.6 Å². The molecule has 0 bridgehead atoms. The zero-order chi connectivity index (χ0) is 29.6. The molecule has 2 fully saturated rings. The highest BCUT2D eigenvalue weighted by Gasteiger charge is 2.49. The lowest BCUT2D eigenvalue weighted by Crippen LogP contribution is -2.34. The van der Waals surface area contributed by atoms with E-state index in [4.69, 9.17) is 30.5 Å². The van der Waals surface area contributed by atoms with Gasteiger partial charge in [-0.25, -0.2) is 23.0 Å². The molecule has 0 spiro atoms. The molecule has 1 amide bonds. The van der Waals surface area contributed by atoms with Gasteiger partial charge in [0, 0.05) is 16.7 Å². The van der Waals surface area contributed by atoms with E-state index in [9.17, 15) is 22.9 Å². The topological polar surface area (TPSA) is 129 Å². The van der Waals surface area contributed by atoms with Crippen molar-refractivity contribution in [3.63, 3.8) is 0 Å². The Labute approximate surface area is 244 Å². The highest BCUT2D eigenvalue weighted by atomic mass is 35.5. The number of aliphatic hydroxyl groups excluding tert-OH is 1. The van der Waals surface area contributed by atoms with E-state index in [1.807, 2.05) is 0 Å². The Balaban J connectivity index is 1.12. The van der Waals surface area contributed by atoms with E-state index in [0.717, 1.165) is 12.1 Å². The number of amides is 1. The molecular formula is C28H24ClF2N3O7S. The number of aliphatic hydroxyl groups is 1. The first-order valence-corrected chi connectivity index (χ1v) is 15.2. The first-order chi connectivity index (χ1) is 20.1. The van der Waals surface area contributed by atoms with Crippen LogP contribution in [0.3, 0.4) is 0 Å². The second kappa shape index (κ2) is 11.3. The van der Waals surface area contributed by atoms with Gasteiger partial charge in [-0.15, -0.1) is 0 Å². The Morgan fingerprint density at radius 1 is 1.14 bits per heavy atom. The maximum Gasteiger partial charge on any atom is 0.285 e. The zero-order valence-electron chi connectivity index (χ0n) is 22.0. The van der Waals surface area contributed by atoms with Crippen molar-refractivity contribution in [2.45, 2.75) is 42.3 Å². The molecule has 2 saturated heterocycles. The summed E-state index contributed by atoms with van der Waals surface area (Å²) in [6.45, 7) is -0.163. The third kappa shape index (κ3) is 5.62. The number of hydrogen-bond acceptors (Lipinski definition) is 9. The van der Waals surface area contributed by atoms with Crippen LogP contribution < -0.4 is 4.74 Å².